The first-order valence-electron chi connectivity index (χ1n) is 8.14. The number of carbonyl (C=O) groups is 1. The molecule has 128 valence electrons. The summed E-state index contributed by atoms with van der Waals surface area (Å²) in [6.45, 7) is 1.82. The summed E-state index contributed by atoms with van der Waals surface area (Å²) in [5.74, 6) is -0.0754. The molecule has 0 spiro atoms. The zero-order valence-electron chi connectivity index (χ0n) is 14.1. The van der Waals surface area contributed by atoms with Crippen molar-refractivity contribution in [2.75, 3.05) is 17.6 Å². The number of anilines is 1. The van der Waals surface area contributed by atoms with Crippen molar-refractivity contribution in [3.05, 3.63) is 29.3 Å². The highest BCUT2D eigenvalue weighted by Crippen LogP contribution is 2.23. The molecule has 23 heavy (non-hydrogen) atoms. The lowest BCUT2D eigenvalue weighted by Gasteiger charge is -2.20. The van der Waals surface area contributed by atoms with E-state index in [1.807, 2.05) is 6.92 Å². The predicted octanol–water partition coefficient (Wildman–Crippen LogP) is 2.84. The van der Waals surface area contributed by atoms with E-state index in [1.165, 1.54) is 43.3 Å². The molecule has 1 aromatic rings. The summed E-state index contributed by atoms with van der Waals surface area (Å²) in [4.78, 5) is 12.4. The Kier molecular flexibility index (Phi) is 5.68. The Balaban J connectivity index is 2.11. The Labute approximate surface area is 139 Å². The first kappa shape index (κ1) is 17.8. The van der Waals surface area contributed by atoms with E-state index >= 15 is 0 Å². The second kappa shape index (κ2) is 7.34. The highest BCUT2D eigenvalue weighted by molar-refractivity contribution is 7.92. The first-order valence-corrected chi connectivity index (χ1v) is 9.99. The van der Waals surface area contributed by atoms with Gasteiger partial charge in [0.15, 0.2) is 0 Å². The Morgan fingerprint density at radius 3 is 2.30 bits per heavy atom. The molecule has 0 atom stereocenters. The zero-order chi connectivity index (χ0) is 17.0. The molecule has 0 heterocycles. The molecule has 0 radical (unpaired) electrons. The molecule has 1 N–H and O–H groups in total. The van der Waals surface area contributed by atoms with Crippen LogP contribution in [0.25, 0.3) is 0 Å². The van der Waals surface area contributed by atoms with E-state index in [1.54, 1.807) is 18.2 Å². The highest BCUT2D eigenvalue weighted by Gasteiger charge is 2.18. The average molecular weight is 338 g/mol. The molecule has 0 aromatic heterocycles. The van der Waals surface area contributed by atoms with Crippen molar-refractivity contribution < 1.29 is 13.2 Å². The Bertz CT molecular complexity index is 662. The van der Waals surface area contributed by atoms with Crippen LogP contribution < -0.4 is 9.62 Å². The molecular weight excluding hydrogens is 312 g/mol. The number of nitrogens with one attached hydrogen (secondary N) is 1. The van der Waals surface area contributed by atoms with Gasteiger partial charge in [0.1, 0.15) is 0 Å². The second-order valence-electron chi connectivity index (χ2n) is 6.39. The van der Waals surface area contributed by atoms with Crippen molar-refractivity contribution in [3.63, 3.8) is 0 Å². The van der Waals surface area contributed by atoms with Gasteiger partial charge in [-0.1, -0.05) is 25.7 Å². The van der Waals surface area contributed by atoms with Gasteiger partial charge in [0.05, 0.1) is 11.9 Å². The summed E-state index contributed by atoms with van der Waals surface area (Å²) in [7, 11) is -1.79. The molecule has 0 unspecified atom stereocenters. The van der Waals surface area contributed by atoms with Crippen molar-refractivity contribution >= 4 is 21.6 Å². The van der Waals surface area contributed by atoms with Gasteiger partial charge >= 0.3 is 0 Å². The van der Waals surface area contributed by atoms with Crippen LogP contribution in [-0.4, -0.2) is 33.7 Å². The van der Waals surface area contributed by atoms with Gasteiger partial charge in [0, 0.05) is 18.7 Å². The largest absolute Gasteiger partial charge is 0.349 e. The number of carbonyl (C=O) groups excluding carboxylic acids is 1. The van der Waals surface area contributed by atoms with Crippen LogP contribution in [0.3, 0.4) is 0 Å². The molecule has 0 aliphatic heterocycles. The standard InChI is InChI=1S/C17H26N2O3S/c1-13-12-14(10-11-16(13)19(2)23(3,21)22)17(20)18-15-8-6-4-5-7-9-15/h10-12,15H,4-9H2,1-3H3,(H,18,20). The van der Waals surface area contributed by atoms with Crippen molar-refractivity contribution in [3.8, 4) is 0 Å². The molecular formula is C17H26N2O3S. The number of aryl methyl sites for hydroxylation is 1. The van der Waals surface area contributed by atoms with Crippen molar-refractivity contribution in [1.29, 1.82) is 0 Å². The van der Waals surface area contributed by atoms with Crippen molar-refractivity contribution in [2.24, 2.45) is 0 Å². The third-order valence-electron chi connectivity index (χ3n) is 4.49. The molecule has 1 saturated carbocycles. The number of amides is 1. The summed E-state index contributed by atoms with van der Waals surface area (Å²) >= 11 is 0. The molecule has 5 nitrogen and oxygen atoms in total. The Morgan fingerprint density at radius 2 is 1.78 bits per heavy atom. The normalized spacial score (nSPS) is 16.7. The van der Waals surface area contributed by atoms with Gasteiger partial charge in [-0.15, -0.1) is 0 Å². The minimum atomic E-state index is -3.31. The lowest BCUT2D eigenvalue weighted by molar-refractivity contribution is 0.0933. The molecule has 6 heteroatoms. The highest BCUT2D eigenvalue weighted by atomic mass is 32.2. The minimum Gasteiger partial charge on any atom is -0.349 e. The van der Waals surface area contributed by atoms with Crippen LogP contribution in [0.2, 0.25) is 0 Å². The maximum Gasteiger partial charge on any atom is 0.251 e. The lowest BCUT2D eigenvalue weighted by Crippen LogP contribution is -2.34. The maximum atomic E-state index is 12.4. The molecule has 1 amide bonds. The minimum absolute atomic E-state index is 0.0754. The van der Waals surface area contributed by atoms with Crippen molar-refractivity contribution in [2.45, 2.75) is 51.5 Å². The van der Waals surface area contributed by atoms with E-state index in [2.05, 4.69) is 5.32 Å². The molecule has 1 fully saturated rings. The summed E-state index contributed by atoms with van der Waals surface area (Å²) in [5, 5.41) is 3.11. The van der Waals surface area contributed by atoms with Crippen LogP contribution >= 0.6 is 0 Å². The average Bonchev–Trinajstić information content (AvgIpc) is 2.74. The Morgan fingerprint density at radius 1 is 1.17 bits per heavy atom. The van der Waals surface area contributed by atoms with E-state index in [-0.39, 0.29) is 11.9 Å². The van der Waals surface area contributed by atoms with Gasteiger partial charge in [-0.05, 0) is 43.5 Å². The third-order valence-corrected chi connectivity index (χ3v) is 5.68. The summed E-state index contributed by atoms with van der Waals surface area (Å²) in [6.07, 6.45) is 8.08. The number of rotatable bonds is 4. The van der Waals surface area contributed by atoms with Gasteiger partial charge < -0.3 is 5.32 Å². The number of hydrogen-bond acceptors (Lipinski definition) is 3. The van der Waals surface area contributed by atoms with E-state index in [9.17, 15) is 13.2 Å². The van der Waals surface area contributed by atoms with Crippen LogP contribution in [-0.2, 0) is 10.0 Å². The smallest absolute Gasteiger partial charge is 0.251 e. The van der Waals surface area contributed by atoms with Crippen LogP contribution in [0, 0.1) is 6.92 Å². The first-order chi connectivity index (χ1) is 10.8. The van der Waals surface area contributed by atoms with Gasteiger partial charge in [0.25, 0.3) is 5.91 Å². The predicted molar refractivity (Wildman–Crippen MR) is 93.4 cm³/mol. The SMILES string of the molecule is Cc1cc(C(=O)NC2CCCCCC2)ccc1N(C)S(C)(=O)=O. The molecule has 1 aliphatic rings. The number of nitrogens with zero attached hydrogens (tertiary/aromatic N) is 1. The molecule has 1 aromatic carbocycles. The van der Waals surface area contributed by atoms with Crippen LogP contribution in [0.1, 0.15) is 54.4 Å². The summed E-state index contributed by atoms with van der Waals surface area (Å²) < 4.78 is 24.5. The monoisotopic (exact) mass is 338 g/mol. The van der Waals surface area contributed by atoms with E-state index < -0.39 is 10.0 Å². The van der Waals surface area contributed by atoms with Gasteiger partial charge in [-0.25, -0.2) is 8.42 Å². The van der Waals surface area contributed by atoms with E-state index in [4.69, 9.17) is 0 Å². The number of hydrogen-bond donors (Lipinski definition) is 1. The second-order valence-corrected chi connectivity index (χ2v) is 8.41. The van der Waals surface area contributed by atoms with Crippen LogP contribution in [0.15, 0.2) is 18.2 Å². The van der Waals surface area contributed by atoms with Crippen LogP contribution in [0.5, 0.6) is 0 Å². The van der Waals surface area contributed by atoms with Gasteiger partial charge in [0.2, 0.25) is 10.0 Å². The molecule has 0 saturated heterocycles. The summed E-state index contributed by atoms with van der Waals surface area (Å²) in [6, 6.07) is 5.39. The fourth-order valence-corrected chi connectivity index (χ4v) is 3.58. The Hall–Kier alpha value is -1.56. The maximum absolute atomic E-state index is 12.4. The zero-order valence-corrected chi connectivity index (χ0v) is 14.9. The van der Waals surface area contributed by atoms with E-state index in [0.29, 0.717) is 11.3 Å². The van der Waals surface area contributed by atoms with Crippen molar-refractivity contribution in [1.82, 2.24) is 5.32 Å². The van der Waals surface area contributed by atoms with E-state index in [0.717, 1.165) is 18.4 Å². The number of benzene rings is 1. The summed E-state index contributed by atoms with van der Waals surface area (Å²) in [5.41, 5.74) is 1.95. The third kappa shape index (κ3) is 4.70. The fraction of sp³-hybridized carbons (Fsp3) is 0.588. The topological polar surface area (TPSA) is 66.5 Å². The lowest BCUT2D eigenvalue weighted by atomic mass is 10.1. The fourth-order valence-electron chi connectivity index (χ4n) is 3.02. The molecule has 1 aliphatic carbocycles. The van der Waals surface area contributed by atoms with Crippen LogP contribution in [0.4, 0.5) is 5.69 Å². The number of sulfonamides is 1. The molecule has 2 rings (SSSR count). The van der Waals surface area contributed by atoms with Gasteiger partial charge in [-0.2, -0.15) is 0 Å². The molecule has 0 bridgehead atoms. The van der Waals surface area contributed by atoms with Gasteiger partial charge in [-0.3, -0.25) is 9.10 Å². The quantitative estimate of drug-likeness (QED) is 0.859.